The Morgan fingerprint density at radius 1 is 1.29 bits per heavy atom. The van der Waals surface area contributed by atoms with Crippen LogP contribution >= 0.6 is 0 Å². The van der Waals surface area contributed by atoms with Gasteiger partial charge in [-0.25, -0.2) is 9.97 Å². The first kappa shape index (κ1) is 13.3. The zero-order valence-corrected chi connectivity index (χ0v) is 11.3. The predicted octanol–water partition coefficient (Wildman–Crippen LogP) is -0.429. The second kappa shape index (κ2) is 4.98. The number of aliphatic hydroxyl groups excluding tert-OH is 1. The van der Waals surface area contributed by atoms with Gasteiger partial charge in [0.15, 0.2) is 0 Å². The summed E-state index contributed by atoms with van der Waals surface area (Å²) >= 11 is 0. The number of hydrogen-bond donors (Lipinski definition) is 2. The Labute approximate surface area is 118 Å². The fourth-order valence-electron chi connectivity index (χ4n) is 2.34. The van der Waals surface area contributed by atoms with Gasteiger partial charge in [-0.1, -0.05) is 0 Å². The van der Waals surface area contributed by atoms with Crippen molar-refractivity contribution >= 4 is 10.9 Å². The number of hydrogen-bond acceptors (Lipinski definition) is 5. The molecule has 0 aliphatic heterocycles. The van der Waals surface area contributed by atoms with Gasteiger partial charge in [-0.15, -0.1) is 0 Å². The predicted molar refractivity (Wildman–Crippen MR) is 75.6 cm³/mol. The molecule has 0 aliphatic carbocycles. The van der Waals surface area contributed by atoms with Crippen LogP contribution in [0.1, 0.15) is 5.69 Å². The molecule has 0 bridgehead atoms. The van der Waals surface area contributed by atoms with E-state index in [-0.39, 0.29) is 30.2 Å². The largest absolute Gasteiger partial charge is 0.395 e. The molecule has 0 amide bonds. The highest BCUT2D eigenvalue weighted by Crippen LogP contribution is 2.11. The van der Waals surface area contributed by atoms with Gasteiger partial charge in [-0.3, -0.25) is 14.7 Å². The lowest BCUT2D eigenvalue weighted by molar-refractivity contribution is 0.273. The van der Waals surface area contributed by atoms with Gasteiger partial charge in [0, 0.05) is 30.7 Å². The number of nitrogens with one attached hydrogen (secondary N) is 1. The van der Waals surface area contributed by atoms with E-state index in [1.807, 2.05) is 0 Å². The highest BCUT2D eigenvalue weighted by atomic mass is 16.3. The zero-order chi connectivity index (χ0) is 15.0. The number of nitrogens with zero attached hydrogens (tertiary/aromatic N) is 4. The number of H-pyrrole nitrogens is 1. The van der Waals surface area contributed by atoms with Gasteiger partial charge in [-0.2, -0.15) is 4.68 Å². The average molecular weight is 287 g/mol. The first-order chi connectivity index (χ1) is 10.1. The molecule has 0 radical (unpaired) electrons. The van der Waals surface area contributed by atoms with Crippen LogP contribution in [0.3, 0.4) is 0 Å². The maximum atomic E-state index is 12.5. The molecule has 0 saturated heterocycles. The van der Waals surface area contributed by atoms with E-state index < -0.39 is 0 Å². The summed E-state index contributed by atoms with van der Waals surface area (Å²) in [6.07, 6.45) is 3.05. The Balaban J connectivity index is 2.34. The molecule has 0 fully saturated rings. The lowest BCUT2D eigenvalue weighted by Crippen LogP contribution is -2.24. The van der Waals surface area contributed by atoms with Crippen LogP contribution in [0.25, 0.3) is 16.9 Å². The van der Waals surface area contributed by atoms with Crippen LogP contribution in [-0.4, -0.2) is 36.0 Å². The SMILES string of the molecule is Cc1c2c(=O)n(-c3ncccn3)[nH]c2cc(=O)n1CCO. The summed E-state index contributed by atoms with van der Waals surface area (Å²) in [4.78, 5) is 32.5. The molecular formula is C13H13N5O3. The van der Waals surface area contributed by atoms with E-state index in [0.29, 0.717) is 16.6 Å². The van der Waals surface area contributed by atoms with Crippen molar-refractivity contribution in [1.82, 2.24) is 24.3 Å². The molecule has 0 spiro atoms. The summed E-state index contributed by atoms with van der Waals surface area (Å²) in [5.41, 5.74) is 0.309. The average Bonchev–Trinajstić information content (AvgIpc) is 2.81. The first-order valence-corrected chi connectivity index (χ1v) is 6.37. The molecule has 0 unspecified atom stereocenters. The van der Waals surface area contributed by atoms with E-state index in [9.17, 15) is 9.59 Å². The van der Waals surface area contributed by atoms with Crippen LogP contribution in [0, 0.1) is 6.92 Å². The summed E-state index contributed by atoms with van der Waals surface area (Å²) in [7, 11) is 0. The van der Waals surface area contributed by atoms with Crippen molar-refractivity contribution in [3.05, 3.63) is 50.9 Å². The molecule has 8 nitrogen and oxygen atoms in total. The number of aliphatic hydroxyl groups is 1. The van der Waals surface area contributed by atoms with Gasteiger partial charge < -0.3 is 9.67 Å². The summed E-state index contributed by atoms with van der Waals surface area (Å²) in [5, 5.41) is 12.2. The minimum atomic E-state index is -0.333. The molecule has 2 N–H and O–H groups in total. The Kier molecular flexibility index (Phi) is 3.15. The fourth-order valence-corrected chi connectivity index (χ4v) is 2.34. The lowest BCUT2D eigenvalue weighted by Gasteiger charge is -2.07. The van der Waals surface area contributed by atoms with E-state index in [1.54, 1.807) is 13.0 Å². The Morgan fingerprint density at radius 2 is 2.00 bits per heavy atom. The topological polar surface area (TPSA) is 106 Å². The monoisotopic (exact) mass is 287 g/mol. The second-order valence-corrected chi connectivity index (χ2v) is 4.53. The molecule has 0 aromatic carbocycles. The lowest BCUT2D eigenvalue weighted by atomic mass is 10.2. The fraction of sp³-hybridized carbons (Fsp3) is 0.231. The minimum absolute atomic E-state index is 0.146. The molecule has 0 atom stereocenters. The Hall–Kier alpha value is -2.74. The van der Waals surface area contributed by atoms with Gasteiger partial charge in [0.1, 0.15) is 0 Å². The molecule has 0 aliphatic rings. The Bertz CT molecular complexity index is 907. The van der Waals surface area contributed by atoms with Crippen molar-refractivity contribution in [1.29, 1.82) is 0 Å². The smallest absolute Gasteiger partial charge is 0.283 e. The van der Waals surface area contributed by atoms with Crippen LogP contribution in [0.4, 0.5) is 0 Å². The van der Waals surface area contributed by atoms with Crippen molar-refractivity contribution in [3.63, 3.8) is 0 Å². The number of pyridine rings is 1. The minimum Gasteiger partial charge on any atom is -0.395 e. The summed E-state index contributed by atoms with van der Waals surface area (Å²) in [6, 6.07) is 2.98. The van der Waals surface area contributed by atoms with Crippen molar-refractivity contribution in [2.24, 2.45) is 0 Å². The van der Waals surface area contributed by atoms with Gasteiger partial charge in [0.25, 0.3) is 17.1 Å². The summed E-state index contributed by atoms with van der Waals surface area (Å²) in [6.45, 7) is 1.64. The third-order valence-corrected chi connectivity index (χ3v) is 3.29. The van der Waals surface area contributed by atoms with E-state index in [4.69, 9.17) is 5.11 Å². The maximum absolute atomic E-state index is 12.5. The summed E-state index contributed by atoms with van der Waals surface area (Å²) in [5.74, 6) is 0.208. The quantitative estimate of drug-likeness (QED) is 0.680. The standard InChI is InChI=1S/C13H13N5O3/c1-8-11-9(7-10(20)17(8)5-6-19)16-18(12(11)21)13-14-3-2-4-15-13/h2-4,7,16,19H,5-6H2,1H3. The molecule has 8 heteroatoms. The molecule has 3 aromatic rings. The third-order valence-electron chi connectivity index (χ3n) is 3.29. The molecule has 0 saturated carbocycles. The first-order valence-electron chi connectivity index (χ1n) is 6.37. The molecular weight excluding hydrogens is 274 g/mol. The number of aromatic amines is 1. The van der Waals surface area contributed by atoms with Crippen molar-refractivity contribution in [2.45, 2.75) is 13.5 Å². The van der Waals surface area contributed by atoms with E-state index in [0.717, 1.165) is 0 Å². The highest BCUT2D eigenvalue weighted by Gasteiger charge is 2.15. The number of fused-ring (bicyclic) bond motifs is 1. The van der Waals surface area contributed by atoms with Crippen molar-refractivity contribution in [3.8, 4) is 5.95 Å². The van der Waals surface area contributed by atoms with E-state index in [2.05, 4.69) is 15.1 Å². The molecule has 3 rings (SSSR count). The summed E-state index contributed by atoms with van der Waals surface area (Å²) < 4.78 is 2.56. The van der Waals surface area contributed by atoms with Crippen LogP contribution in [0.15, 0.2) is 34.1 Å². The van der Waals surface area contributed by atoms with Gasteiger partial charge in [0.2, 0.25) is 0 Å². The maximum Gasteiger partial charge on any atom is 0.283 e. The molecule has 3 heterocycles. The van der Waals surface area contributed by atoms with Crippen LogP contribution in [0.2, 0.25) is 0 Å². The second-order valence-electron chi connectivity index (χ2n) is 4.53. The number of aromatic nitrogens is 5. The molecule has 3 aromatic heterocycles. The molecule has 108 valence electrons. The molecule has 21 heavy (non-hydrogen) atoms. The highest BCUT2D eigenvalue weighted by molar-refractivity contribution is 5.80. The van der Waals surface area contributed by atoms with Crippen molar-refractivity contribution in [2.75, 3.05) is 6.61 Å². The zero-order valence-electron chi connectivity index (χ0n) is 11.3. The van der Waals surface area contributed by atoms with Crippen LogP contribution in [-0.2, 0) is 6.54 Å². The van der Waals surface area contributed by atoms with E-state index >= 15 is 0 Å². The number of aryl methyl sites for hydroxylation is 1. The van der Waals surface area contributed by atoms with Gasteiger partial charge >= 0.3 is 0 Å². The third kappa shape index (κ3) is 2.05. The van der Waals surface area contributed by atoms with Gasteiger partial charge in [-0.05, 0) is 13.0 Å². The Morgan fingerprint density at radius 3 is 2.67 bits per heavy atom. The number of rotatable bonds is 3. The van der Waals surface area contributed by atoms with Crippen LogP contribution < -0.4 is 11.1 Å². The van der Waals surface area contributed by atoms with Crippen molar-refractivity contribution < 1.29 is 5.11 Å². The normalized spacial score (nSPS) is 11.1. The van der Waals surface area contributed by atoms with E-state index in [1.165, 1.54) is 27.7 Å². The van der Waals surface area contributed by atoms with Gasteiger partial charge in [0.05, 0.1) is 17.5 Å². The van der Waals surface area contributed by atoms with Crippen LogP contribution in [0.5, 0.6) is 0 Å².